The first-order chi connectivity index (χ1) is 14.6. The average Bonchev–Trinajstić information content (AvgIpc) is 2.74. The third kappa shape index (κ3) is 5.89. The van der Waals surface area contributed by atoms with E-state index in [2.05, 4.69) is 0 Å². The predicted octanol–water partition coefficient (Wildman–Crippen LogP) is 6.81. The van der Waals surface area contributed by atoms with Crippen LogP contribution in [0.5, 0.6) is 0 Å². The van der Waals surface area contributed by atoms with Crippen molar-refractivity contribution >= 4 is 20.3 Å². The standard InChI is InChI=1S/C25H33F2NO2Si/c1-6-31(7-2,8-3)30-23(21-14-12-18(4)13-15-21)25(26,27)17-16-20-11-9-10-19(5)22(20)24(28)29/h9-17,23H,6-8H2,1-5H3,(H2,28,29)/b17-16+. The molecule has 2 aromatic carbocycles. The van der Waals surface area contributed by atoms with E-state index in [1.807, 2.05) is 39.8 Å². The molecular weight excluding hydrogens is 412 g/mol. The predicted molar refractivity (Wildman–Crippen MR) is 126 cm³/mol. The molecule has 0 spiro atoms. The largest absolute Gasteiger partial charge is 0.404 e. The number of aryl methyl sites for hydroxylation is 2. The molecule has 0 fully saturated rings. The van der Waals surface area contributed by atoms with E-state index in [4.69, 9.17) is 10.2 Å². The molecule has 1 amide bonds. The Kier molecular flexibility index (Phi) is 8.32. The van der Waals surface area contributed by atoms with Gasteiger partial charge < -0.3 is 10.2 Å². The number of carbonyl (C=O) groups is 1. The van der Waals surface area contributed by atoms with Gasteiger partial charge in [0.05, 0.1) is 0 Å². The summed E-state index contributed by atoms with van der Waals surface area (Å²) in [6.07, 6.45) is 0.738. The number of alkyl halides is 2. The molecule has 0 saturated carbocycles. The Morgan fingerprint density at radius 3 is 2.16 bits per heavy atom. The van der Waals surface area contributed by atoms with Crippen LogP contribution in [-0.2, 0) is 4.43 Å². The smallest absolute Gasteiger partial charge is 0.295 e. The molecule has 0 aliphatic rings. The third-order valence-corrected chi connectivity index (χ3v) is 10.7. The van der Waals surface area contributed by atoms with E-state index in [9.17, 15) is 4.79 Å². The van der Waals surface area contributed by atoms with Crippen molar-refractivity contribution in [1.29, 1.82) is 0 Å². The highest BCUT2D eigenvalue weighted by Gasteiger charge is 2.44. The number of nitrogens with two attached hydrogens (primary N) is 1. The summed E-state index contributed by atoms with van der Waals surface area (Å²) in [5, 5.41) is 0. The van der Waals surface area contributed by atoms with Crippen molar-refractivity contribution in [2.75, 3.05) is 0 Å². The molecule has 0 aromatic heterocycles. The van der Waals surface area contributed by atoms with Crippen LogP contribution in [0.1, 0.15) is 59.5 Å². The molecule has 168 valence electrons. The molecule has 2 aromatic rings. The van der Waals surface area contributed by atoms with E-state index < -0.39 is 26.3 Å². The minimum absolute atomic E-state index is 0.252. The van der Waals surface area contributed by atoms with Gasteiger partial charge in [-0.2, -0.15) is 8.78 Å². The summed E-state index contributed by atoms with van der Waals surface area (Å²) in [4.78, 5) is 11.8. The van der Waals surface area contributed by atoms with Crippen LogP contribution in [0.4, 0.5) is 8.78 Å². The van der Waals surface area contributed by atoms with E-state index in [-0.39, 0.29) is 5.56 Å². The fourth-order valence-corrected chi connectivity index (χ4v) is 6.61. The number of benzene rings is 2. The summed E-state index contributed by atoms with van der Waals surface area (Å²) in [5.74, 6) is -3.91. The van der Waals surface area contributed by atoms with Crippen molar-refractivity contribution in [2.24, 2.45) is 5.73 Å². The van der Waals surface area contributed by atoms with Gasteiger partial charge in [-0.3, -0.25) is 4.79 Å². The van der Waals surface area contributed by atoms with E-state index in [0.29, 0.717) is 16.7 Å². The lowest BCUT2D eigenvalue weighted by molar-refractivity contribution is -0.0627. The van der Waals surface area contributed by atoms with Gasteiger partial charge in [0.15, 0.2) is 8.32 Å². The molecule has 6 heteroatoms. The first-order valence-electron chi connectivity index (χ1n) is 10.8. The normalized spacial score (nSPS) is 13.5. The van der Waals surface area contributed by atoms with Gasteiger partial charge in [-0.15, -0.1) is 0 Å². The van der Waals surface area contributed by atoms with Crippen molar-refractivity contribution in [1.82, 2.24) is 0 Å². The summed E-state index contributed by atoms with van der Waals surface area (Å²) >= 11 is 0. The van der Waals surface area contributed by atoms with Crippen LogP contribution in [0.3, 0.4) is 0 Å². The quantitative estimate of drug-likeness (QED) is 0.408. The maximum absolute atomic E-state index is 15.6. The third-order valence-electron chi connectivity index (χ3n) is 6.07. The summed E-state index contributed by atoms with van der Waals surface area (Å²) in [6, 6.07) is 14.4. The van der Waals surface area contributed by atoms with Crippen molar-refractivity contribution in [3.05, 3.63) is 76.4 Å². The molecule has 0 radical (unpaired) electrons. The van der Waals surface area contributed by atoms with E-state index in [1.54, 1.807) is 37.3 Å². The van der Waals surface area contributed by atoms with Gasteiger partial charge in [-0.1, -0.05) is 74.9 Å². The zero-order chi connectivity index (χ0) is 23.2. The number of halogens is 2. The summed E-state index contributed by atoms with van der Waals surface area (Å²) in [6.45, 7) is 9.71. The Labute approximate surface area is 185 Å². The minimum atomic E-state index is -3.27. The number of hydrogen-bond donors (Lipinski definition) is 1. The maximum Gasteiger partial charge on any atom is 0.295 e. The SMILES string of the molecule is CC[Si](CC)(CC)OC(c1ccc(C)cc1)C(F)(F)/C=C/c1cccc(C)c1C(N)=O. The summed E-state index contributed by atoms with van der Waals surface area (Å²) < 4.78 is 37.6. The van der Waals surface area contributed by atoms with Gasteiger partial charge in [-0.25, -0.2) is 0 Å². The Hall–Kier alpha value is -2.31. The van der Waals surface area contributed by atoms with Crippen molar-refractivity contribution in [3.8, 4) is 0 Å². The maximum atomic E-state index is 15.6. The summed E-state index contributed by atoms with van der Waals surface area (Å²) in [5.41, 5.74) is 8.20. The van der Waals surface area contributed by atoms with Crippen molar-refractivity contribution in [2.45, 2.75) is 64.8 Å². The van der Waals surface area contributed by atoms with Gasteiger partial charge in [-0.05, 0) is 54.7 Å². The molecule has 0 saturated heterocycles. The second kappa shape index (κ2) is 10.3. The Bertz CT molecular complexity index is 913. The first kappa shape index (κ1) is 25.0. The van der Waals surface area contributed by atoms with Crippen molar-refractivity contribution < 1.29 is 18.0 Å². The number of primary amides is 1. The molecular formula is C25H33F2NO2Si. The van der Waals surface area contributed by atoms with E-state index in [1.165, 1.54) is 6.08 Å². The van der Waals surface area contributed by atoms with Gasteiger partial charge in [0, 0.05) is 5.56 Å². The minimum Gasteiger partial charge on any atom is -0.404 e. The van der Waals surface area contributed by atoms with Crippen LogP contribution in [-0.4, -0.2) is 20.1 Å². The van der Waals surface area contributed by atoms with Gasteiger partial charge in [0.1, 0.15) is 6.10 Å². The van der Waals surface area contributed by atoms with Crippen LogP contribution in [0, 0.1) is 13.8 Å². The molecule has 0 bridgehead atoms. The van der Waals surface area contributed by atoms with Gasteiger partial charge >= 0.3 is 0 Å². The monoisotopic (exact) mass is 445 g/mol. The van der Waals surface area contributed by atoms with Crippen LogP contribution < -0.4 is 5.73 Å². The Morgan fingerprint density at radius 1 is 1.06 bits per heavy atom. The lowest BCUT2D eigenvalue weighted by atomic mass is 9.98. The molecule has 1 atom stereocenters. The van der Waals surface area contributed by atoms with Crippen LogP contribution in [0.2, 0.25) is 18.1 Å². The molecule has 31 heavy (non-hydrogen) atoms. The molecule has 0 aliphatic carbocycles. The molecule has 0 aliphatic heterocycles. The highest BCUT2D eigenvalue weighted by molar-refractivity contribution is 6.73. The zero-order valence-electron chi connectivity index (χ0n) is 19.0. The highest BCUT2D eigenvalue weighted by Crippen LogP contribution is 2.41. The number of hydrogen-bond acceptors (Lipinski definition) is 2. The topological polar surface area (TPSA) is 52.3 Å². The molecule has 1 unspecified atom stereocenters. The number of rotatable bonds is 10. The van der Waals surface area contributed by atoms with Crippen molar-refractivity contribution in [3.63, 3.8) is 0 Å². The molecule has 0 heterocycles. The first-order valence-corrected chi connectivity index (χ1v) is 13.3. The fraction of sp³-hybridized carbons (Fsp3) is 0.400. The van der Waals surface area contributed by atoms with Crippen LogP contribution in [0.25, 0.3) is 6.08 Å². The number of carbonyl (C=O) groups excluding carboxylic acids is 1. The van der Waals surface area contributed by atoms with Gasteiger partial charge in [0.25, 0.3) is 5.92 Å². The average molecular weight is 446 g/mol. The number of amides is 1. The van der Waals surface area contributed by atoms with Crippen LogP contribution >= 0.6 is 0 Å². The van der Waals surface area contributed by atoms with Crippen LogP contribution in [0.15, 0.2) is 48.5 Å². The van der Waals surface area contributed by atoms with E-state index >= 15 is 8.78 Å². The van der Waals surface area contributed by atoms with E-state index in [0.717, 1.165) is 29.8 Å². The second-order valence-electron chi connectivity index (χ2n) is 8.06. The van der Waals surface area contributed by atoms with Gasteiger partial charge in [0.2, 0.25) is 5.91 Å². The molecule has 2 rings (SSSR count). The fourth-order valence-electron chi connectivity index (χ4n) is 3.81. The lowest BCUT2D eigenvalue weighted by Crippen LogP contribution is -2.41. The molecule has 3 nitrogen and oxygen atoms in total. The zero-order valence-corrected chi connectivity index (χ0v) is 20.0. The summed E-state index contributed by atoms with van der Waals surface area (Å²) in [7, 11) is -2.32. The Morgan fingerprint density at radius 2 is 1.65 bits per heavy atom. The Balaban J connectivity index is 2.51. The highest BCUT2D eigenvalue weighted by atomic mass is 28.4. The molecule has 2 N–H and O–H groups in total. The lowest BCUT2D eigenvalue weighted by Gasteiger charge is -2.36. The second-order valence-corrected chi connectivity index (χ2v) is 12.8.